The van der Waals surface area contributed by atoms with Crippen LogP contribution in [0, 0.1) is 0 Å². The van der Waals surface area contributed by atoms with Crippen molar-refractivity contribution in [3.8, 4) is 0 Å². The second-order valence-corrected chi connectivity index (χ2v) is 4.65. The van der Waals surface area contributed by atoms with Gasteiger partial charge in [0.15, 0.2) is 0 Å². The van der Waals surface area contributed by atoms with E-state index >= 15 is 0 Å². The van der Waals surface area contributed by atoms with Gasteiger partial charge in [0.2, 0.25) is 0 Å². The summed E-state index contributed by atoms with van der Waals surface area (Å²) in [4.78, 5) is 0. The molecule has 4 nitrogen and oxygen atoms in total. The summed E-state index contributed by atoms with van der Waals surface area (Å²) >= 11 is 0. The van der Waals surface area contributed by atoms with Crippen LogP contribution in [0.3, 0.4) is 0 Å². The molecular formula is C14H17N3O. The highest BCUT2D eigenvalue weighted by atomic mass is 16.5. The second kappa shape index (κ2) is 4.55. The Hall–Kier alpha value is -1.65. The summed E-state index contributed by atoms with van der Waals surface area (Å²) in [6.45, 7) is 0.729. The highest BCUT2D eigenvalue weighted by molar-refractivity contribution is 5.33. The smallest absolute Gasteiger partial charge is 0.103 e. The lowest BCUT2D eigenvalue weighted by Gasteiger charge is -2.30. The monoisotopic (exact) mass is 243 g/mol. The van der Waals surface area contributed by atoms with Gasteiger partial charge in [-0.1, -0.05) is 24.3 Å². The molecule has 2 heterocycles. The summed E-state index contributed by atoms with van der Waals surface area (Å²) in [5.74, 6) is 0. The molecule has 0 saturated heterocycles. The molecule has 0 aliphatic carbocycles. The number of nitrogens with zero attached hydrogens (tertiary/aromatic N) is 2. The molecule has 0 radical (unpaired) electrons. The van der Waals surface area contributed by atoms with Crippen molar-refractivity contribution in [2.45, 2.75) is 18.6 Å². The molecule has 0 bridgehead atoms. The third-order valence-electron chi connectivity index (χ3n) is 3.56. The summed E-state index contributed by atoms with van der Waals surface area (Å²) in [6.07, 6.45) is 2.65. The van der Waals surface area contributed by atoms with Gasteiger partial charge in [-0.2, -0.15) is 5.10 Å². The zero-order valence-corrected chi connectivity index (χ0v) is 10.4. The summed E-state index contributed by atoms with van der Waals surface area (Å²) < 4.78 is 7.69. The first-order chi connectivity index (χ1) is 8.77. The highest BCUT2D eigenvalue weighted by Gasteiger charge is 2.28. The molecule has 94 valence electrons. The topological polar surface area (TPSA) is 53.1 Å². The average molecular weight is 243 g/mol. The van der Waals surface area contributed by atoms with Gasteiger partial charge in [0.1, 0.15) is 6.10 Å². The number of hydrogen-bond acceptors (Lipinski definition) is 3. The minimum absolute atomic E-state index is 0.0784. The van der Waals surface area contributed by atoms with E-state index in [-0.39, 0.29) is 12.1 Å². The Kier molecular flexibility index (Phi) is 2.89. The fraction of sp³-hybridized carbons (Fsp3) is 0.357. The van der Waals surface area contributed by atoms with Crippen molar-refractivity contribution < 1.29 is 4.74 Å². The Morgan fingerprint density at radius 2 is 2.22 bits per heavy atom. The second-order valence-electron chi connectivity index (χ2n) is 4.65. The number of aryl methyl sites for hydroxylation is 1. The van der Waals surface area contributed by atoms with E-state index in [2.05, 4.69) is 23.3 Å². The zero-order valence-electron chi connectivity index (χ0n) is 10.4. The average Bonchev–Trinajstić information content (AvgIpc) is 2.83. The number of rotatable bonds is 2. The predicted molar refractivity (Wildman–Crippen MR) is 69.0 cm³/mol. The molecule has 2 unspecified atom stereocenters. The first kappa shape index (κ1) is 11.4. The molecule has 2 N–H and O–H groups in total. The van der Waals surface area contributed by atoms with Gasteiger partial charge in [-0.25, -0.2) is 0 Å². The molecule has 0 spiro atoms. The number of fused-ring (bicyclic) bond motifs is 1. The number of nitrogens with two attached hydrogens (primary N) is 1. The molecule has 2 aromatic rings. The number of ether oxygens (including phenoxy) is 1. The molecule has 1 aromatic carbocycles. The first-order valence-electron chi connectivity index (χ1n) is 6.20. The number of aromatic nitrogens is 2. The molecule has 3 rings (SSSR count). The maximum Gasteiger partial charge on any atom is 0.103 e. The van der Waals surface area contributed by atoms with E-state index in [0.717, 1.165) is 18.7 Å². The Balaban J connectivity index is 1.97. The summed E-state index contributed by atoms with van der Waals surface area (Å²) in [7, 11) is 1.91. The minimum Gasteiger partial charge on any atom is -0.371 e. The van der Waals surface area contributed by atoms with Gasteiger partial charge in [-0.3, -0.25) is 4.68 Å². The minimum atomic E-state index is -0.182. The maximum atomic E-state index is 6.34. The Labute approximate surface area is 106 Å². The van der Waals surface area contributed by atoms with Crippen LogP contribution < -0.4 is 5.73 Å². The van der Waals surface area contributed by atoms with Crippen LogP contribution in [0.1, 0.15) is 29.0 Å². The van der Waals surface area contributed by atoms with Crippen molar-refractivity contribution in [3.05, 3.63) is 53.3 Å². The van der Waals surface area contributed by atoms with E-state index in [1.54, 1.807) is 6.20 Å². The first-order valence-corrected chi connectivity index (χ1v) is 6.20. The van der Waals surface area contributed by atoms with Crippen molar-refractivity contribution in [2.75, 3.05) is 6.61 Å². The van der Waals surface area contributed by atoms with Gasteiger partial charge < -0.3 is 10.5 Å². The van der Waals surface area contributed by atoms with Crippen LogP contribution in [0.15, 0.2) is 36.5 Å². The van der Waals surface area contributed by atoms with Crippen LogP contribution in [0.2, 0.25) is 0 Å². The summed E-state index contributed by atoms with van der Waals surface area (Å²) in [6, 6.07) is 10.1. The van der Waals surface area contributed by atoms with Gasteiger partial charge in [0, 0.05) is 13.2 Å². The fourth-order valence-electron chi connectivity index (χ4n) is 2.59. The van der Waals surface area contributed by atoms with Gasteiger partial charge in [0.05, 0.1) is 18.3 Å². The van der Waals surface area contributed by atoms with Crippen molar-refractivity contribution >= 4 is 0 Å². The standard InChI is InChI=1S/C14H17N3O/c1-17-12(6-8-16-17)13(15)14-11-5-3-2-4-10(11)7-9-18-14/h2-6,8,13-14H,7,9,15H2,1H3. The largest absolute Gasteiger partial charge is 0.371 e. The van der Waals surface area contributed by atoms with Crippen LogP contribution in [0.4, 0.5) is 0 Å². The predicted octanol–water partition coefficient (Wildman–Crippen LogP) is 1.73. The molecule has 1 aliphatic rings. The Morgan fingerprint density at radius 1 is 1.39 bits per heavy atom. The van der Waals surface area contributed by atoms with E-state index in [0.29, 0.717) is 0 Å². The van der Waals surface area contributed by atoms with E-state index in [4.69, 9.17) is 10.5 Å². The zero-order chi connectivity index (χ0) is 12.5. The van der Waals surface area contributed by atoms with Gasteiger partial charge in [-0.05, 0) is 23.6 Å². The molecule has 0 saturated carbocycles. The summed E-state index contributed by atoms with van der Waals surface area (Å²) in [5, 5.41) is 4.17. The van der Waals surface area contributed by atoms with Crippen LogP contribution in [0.5, 0.6) is 0 Å². The molecule has 1 aliphatic heterocycles. The normalized spacial score (nSPS) is 20.4. The summed E-state index contributed by atoms with van der Waals surface area (Å²) in [5.41, 5.74) is 9.89. The highest BCUT2D eigenvalue weighted by Crippen LogP contribution is 2.35. The van der Waals surface area contributed by atoms with Gasteiger partial charge in [0.25, 0.3) is 0 Å². The van der Waals surface area contributed by atoms with Crippen LogP contribution in [-0.2, 0) is 18.2 Å². The SMILES string of the molecule is Cn1nccc1C(N)C1OCCc2ccccc21. The quantitative estimate of drug-likeness (QED) is 0.874. The molecule has 1 aromatic heterocycles. The molecule has 0 fully saturated rings. The number of hydrogen-bond donors (Lipinski definition) is 1. The molecule has 18 heavy (non-hydrogen) atoms. The Morgan fingerprint density at radius 3 is 3.00 bits per heavy atom. The molecule has 2 atom stereocenters. The molecule has 0 amide bonds. The lowest BCUT2D eigenvalue weighted by molar-refractivity contribution is 0.0224. The van der Waals surface area contributed by atoms with Crippen molar-refractivity contribution in [1.82, 2.24) is 9.78 Å². The van der Waals surface area contributed by atoms with Crippen LogP contribution in [-0.4, -0.2) is 16.4 Å². The van der Waals surface area contributed by atoms with E-state index in [9.17, 15) is 0 Å². The molecule has 4 heteroatoms. The van der Waals surface area contributed by atoms with E-state index in [1.807, 2.05) is 23.9 Å². The van der Waals surface area contributed by atoms with Crippen LogP contribution >= 0.6 is 0 Å². The third kappa shape index (κ3) is 1.83. The maximum absolute atomic E-state index is 6.34. The molecular weight excluding hydrogens is 226 g/mol. The lowest BCUT2D eigenvalue weighted by atomic mass is 9.92. The van der Waals surface area contributed by atoms with Gasteiger partial charge in [-0.15, -0.1) is 0 Å². The Bertz CT molecular complexity index is 549. The van der Waals surface area contributed by atoms with E-state index < -0.39 is 0 Å². The third-order valence-corrected chi connectivity index (χ3v) is 3.56. The lowest BCUT2D eigenvalue weighted by Crippen LogP contribution is -2.28. The van der Waals surface area contributed by atoms with E-state index in [1.165, 1.54) is 11.1 Å². The fourth-order valence-corrected chi connectivity index (χ4v) is 2.59. The van der Waals surface area contributed by atoms with Crippen molar-refractivity contribution in [1.29, 1.82) is 0 Å². The number of benzene rings is 1. The van der Waals surface area contributed by atoms with Crippen molar-refractivity contribution in [2.24, 2.45) is 12.8 Å². The van der Waals surface area contributed by atoms with Gasteiger partial charge >= 0.3 is 0 Å². The van der Waals surface area contributed by atoms with Crippen LogP contribution in [0.25, 0.3) is 0 Å². The van der Waals surface area contributed by atoms with Crippen molar-refractivity contribution in [3.63, 3.8) is 0 Å².